The number of primary sulfonamides is 1. The van der Waals surface area contributed by atoms with Gasteiger partial charge in [-0.1, -0.05) is 13.3 Å². The van der Waals surface area contributed by atoms with Gasteiger partial charge < -0.3 is 0 Å². The molecule has 1 aromatic rings. The molecule has 1 heterocycles. The Morgan fingerprint density at radius 3 is 2.87 bits per heavy atom. The SMILES string of the molecule is CCCC/C(=C\c1nccs1)S(N)(=O)=O. The van der Waals surface area contributed by atoms with Gasteiger partial charge in [-0.2, -0.15) is 0 Å². The average molecular weight is 246 g/mol. The second kappa shape index (κ2) is 5.39. The number of hydrogen-bond acceptors (Lipinski definition) is 4. The van der Waals surface area contributed by atoms with E-state index in [1.165, 1.54) is 11.3 Å². The number of rotatable bonds is 5. The van der Waals surface area contributed by atoms with E-state index < -0.39 is 10.0 Å². The largest absolute Gasteiger partial charge is 0.245 e. The van der Waals surface area contributed by atoms with Gasteiger partial charge in [-0.05, 0) is 18.9 Å². The van der Waals surface area contributed by atoms with Crippen LogP contribution in [0.3, 0.4) is 0 Å². The summed E-state index contributed by atoms with van der Waals surface area (Å²) < 4.78 is 22.5. The Morgan fingerprint density at radius 2 is 2.40 bits per heavy atom. The molecule has 0 unspecified atom stereocenters. The zero-order valence-corrected chi connectivity index (χ0v) is 10.1. The minimum atomic E-state index is -3.59. The number of thiazole rings is 1. The maximum atomic E-state index is 11.2. The molecule has 0 bridgehead atoms. The summed E-state index contributed by atoms with van der Waals surface area (Å²) in [7, 11) is -3.59. The Bertz CT molecular complexity index is 421. The van der Waals surface area contributed by atoms with Crippen molar-refractivity contribution in [3.8, 4) is 0 Å². The van der Waals surface area contributed by atoms with Crippen LogP contribution in [0.15, 0.2) is 16.5 Å². The minimum Gasteiger partial charge on any atom is -0.245 e. The first-order chi connectivity index (χ1) is 7.04. The smallest absolute Gasteiger partial charge is 0.234 e. The third-order valence-electron chi connectivity index (χ3n) is 1.88. The molecule has 0 aromatic carbocycles. The van der Waals surface area contributed by atoms with E-state index in [-0.39, 0.29) is 4.91 Å². The van der Waals surface area contributed by atoms with Crippen molar-refractivity contribution in [2.24, 2.45) is 5.14 Å². The summed E-state index contributed by atoms with van der Waals surface area (Å²) >= 11 is 1.39. The molecule has 6 heteroatoms. The van der Waals surface area contributed by atoms with Gasteiger partial charge in [-0.15, -0.1) is 11.3 Å². The van der Waals surface area contributed by atoms with Crippen LogP contribution in [0.2, 0.25) is 0 Å². The zero-order valence-electron chi connectivity index (χ0n) is 8.51. The first kappa shape index (κ1) is 12.4. The molecule has 1 aromatic heterocycles. The average Bonchev–Trinajstić information content (AvgIpc) is 2.62. The van der Waals surface area contributed by atoms with E-state index in [9.17, 15) is 8.42 Å². The van der Waals surface area contributed by atoms with Crippen molar-refractivity contribution < 1.29 is 8.42 Å². The first-order valence-electron chi connectivity index (χ1n) is 4.67. The summed E-state index contributed by atoms with van der Waals surface area (Å²) in [6, 6.07) is 0. The number of sulfonamides is 1. The lowest BCUT2D eigenvalue weighted by Gasteiger charge is -2.02. The molecule has 0 aliphatic carbocycles. The number of unbranched alkanes of at least 4 members (excludes halogenated alkanes) is 1. The lowest BCUT2D eigenvalue weighted by atomic mass is 10.2. The molecule has 0 spiro atoms. The van der Waals surface area contributed by atoms with Crippen molar-refractivity contribution in [1.82, 2.24) is 4.98 Å². The molecule has 0 aliphatic heterocycles. The lowest BCUT2D eigenvalue weighted by Crippen LogP contribution is -2.14. The minimum absolute atomic E-state index is 0.263. The monoisotopic (exact) mass is 246 g/mol. The standard InChI is InChI=1S/C9H14N2O2S2/c1-2-3-4-8(15(10,12)13)7-9-11-5-6-14-9/h5-7H,2-4H2,1H3,(H2,10,12,13)/b8-7+. The molecule has 0 aliphatic rings. The Kier molecular flexibility index (Phi) is 4.44. The fraction of sp³-hybridized carbons (Fsp3) is 0.444. The topological polar surface area (TPSA) is 73.0 Å². The van der Waals surface area contributed by atoms with Crippen LogP contribution in [0.1, 0.15) is 31.2 Å². The van der Waals surface area contributed by atoms with Crippen LogP contribution >= 0.6 is 11.3 Å². The fourth-order valence-electron chi connectivity index (χ4n) is 1.09. The Hall–Kier alpha value is -0.720. The molecule has 0 saturated carbocycles. The van der Waals surface area contributed by atoms with E-state index >= 15 is 0 Å². The van der Waals surface area contributed by atoms with E-state index in [0.717, 1.165) is 12.8 Å². The molecule has 0 fully saturated rings. The van der Waals surface area contributed by atoms with Gasteiger partial charge in [0.1, 0.15) is 5.01 Å². The van der Waals surface area contributed by atoms with Gasteiger partial charge in [0.15, 0.2) is 0 Å². The summed E-state index contributed by atoms with van der Waals surface area (Å²) in [5.74, 6) is 0. The summed E-state index contributed by atoms with van der Waals surface area (Å²) in [6.07, 6.45) is 5.42. The summed E-state index contributed by atoms with van der Waals surface area (Å²) in [5.41, 5.74) is 0. The second-order valence-electron chi connectivity index (χ2n) is 3.13. The van der Waals surface area contributed by atoms with Crippen molar-refractivity contribution >= 4 is 27.4 Å². The quantitative estimate of drug-likeness (QED) is 0.863. The van der Waals surface area contributed by atoms with Crippen LogP contribution in [-0.4, -0.2) is 13.4 Å². The van der Waals surface area contributed by atoms with Crippen molar-refractivity contribution in [3.05, 3.63) is 21.5 Å². The molecule has 0 atom stereocenters. The molecule has 1 rings (SSSR count). The molecule has 0 radical (unpaired) electrons. The third kappa shape index (κ3) is 4.11. The number of allylic oxidation sites excluding steroid dienone is 1. The van der Waals surface area contributed by atoms with Gasteiger partial charge in [0.2, 0.25) is 10.0 Å². The molecular formula is C9H14N2O2S2. The number of aromatic nitrogens is 1. The summed E-state index contributed by atoms with van der Waals surface area (Å²) in [5, 5.41) is 7.59. The number of nitrogens with zero attached hydrogens (tertiary/aromatic N) is 1. The van der Waals surface area contributed by atoms with Gasteiger partial charge in [0.05, 0.1) is 4.91 Å². The van der Waals surface area contributed by atoms with Crippen LogP contribution in [0.4, 0.5) is 0 Å². The molecule has 0 saturated heterocycles. The molecule has 4 nitrogen and oxygen atoms in total. The zero-order chi connectivity index (χ0) is 11.3. The summed E-state index contributed by atoms with van der Waals surface area (Å²) in [4.78, 5) is 4.26. The summed E-state index contributed by atoms with van der Waals surface area (Å²) in [6.45, 7) is 2.00. The normalized spacial score (nSPS) is 13.1. The number of hydrogen-bond donors (Lipinski definition) is 1. The van der Waals surface area contributed by atoms with Crippen LogP contribution < -0.4 is 5.14 Å². The van der Waals surface area contributed by atoms with E-state index in [1.54, 1.807) is 17.7 Å². The first-order valence-corrected chi connectivity index (χ1v) is 7.09. The van der Waals surface area contributed by atoms with Gasteiger partial charge in [-0.25, -0.2) is 18.5 Å². The van der Waals surface area contributed by atoms with E-state index in [0.29, 0.717) is 11.4 Å². The van der Waals surface area contributed by atoms with Gasteiger partial charge >= 0.3 is 0 Å². The van der Waals surface area contributed by atoms with Crippen LogP contribution in [-0.2, 0) is 10.0 Å². The Labute approximate surface area is 93.9 Å². The Morgan fingerprint density at radius 1 is 1.67 bits per heavy atom. The van der Waals surface area contributed by atoms with Crippen molar-refractivity contribution in [3.63, 3.8) is 0 Å². The maximum Gasteiger partial charge on any atom is 0.234 e. The van der Waals surface area contributed by atoms with Crippen molar-refractivity contribution in [2.75, 3.05) is 0 Å². The predicted octanol–water partition coefficient (Wildman–Crippen LogP) is 1.96. The third-order valence-corrected chi connectivity index (χ3v) is 3.65. The molecule has 2 N–H and O–H groups in total. The highest BCUT2D eigenvalue weighted by molar-refractivity contribution is 7.93. The highest BCUT2D eigenvalue weighted by Gasteiger charge is 2.11. The van der Waals surface area contributed by atoms with Crippen LogP contribution in [0.5, 0.6) is 0 Å². The number of nitrogens with two attached hydrogens (primary N) is 1. The fourth-order valence-corrected chi connectivity index (χ4v) is 2.46. The maximum absolute atomic E-state index is 11.2. The molecule has 84 valence electrons. The molecule has 15 heavy (non-hydrogen) atoms. The van der Waals surface area contributed by atoms with E-state index in [4.69, 9.17) is 5.14 Å². The predicted molar refractivity (Wildman–Crippen MR) is 62.7 cm³/mol. The highest BCUT2D eigenvalue weighted by Crippen LogP contribution is 2.17. The lowest BCUT2D eigenvalue weighted by molar-refractivity contribution is 0.601. The van der Waals surface area contributed by atoms with Gasteiger partial charge in [0.25, 0.3) is 0 Å². The van der Waals surface area contributed by atoms with E-state index in [1.807, 2.05) is 6.92 Å². The van der Waals surface area contributed by atoms with Gasteiger partial charge in [-0.3, -0.25) is 0 Å². The molecule has 0 amide bonds. The van der Waals surface area contributed by atoms with Crippen LogP contribution in [0, 0.1) is 0 Å². The Balaban J connectivity index is 2.91. The van der Waals surface area contributed by atoms with Crippen LogP contribution in [0.25, 0.3) is 6.08 Å². The van der Waals surface area contributed by atoms with Crippen molar-refractivity contribution in [1.29, 1.82) is 0 Å². The van der Waals surface area contributed by atoms with Gasteiger partial charge in [0, 0.05) is 11.6 Å². The second-order valence-corrected chi connectivity index (χ2v) is 5.67. The van der Waals surface area contributed by atoms with E-state index in [2.05, 4.69) is 4.98 Å². The highest BCUT2D eigenvalue weighted by atomic mass is 32.2. The molecular weight excluding hydrogens is 232 g/mol. The van der Waals surface area contributed by atoms with Crippen molar-refractivity contribution in [2.45, 2.75) is 26.2 Å².